The number of fused-ring (bicyclic) bond motifs is 3. The van der Waals surface area contributed by atoms with Gasteiger partial charge >= 0.3 is 7.12 Å². The van der Waals surface area contributed by atoms with Gasteiger partial charge in [-0.25, -0.2) is 0 Å². The van der Waals surface area contributed by atoms with E-state index in [9.17, 15) is 4.79 Å². The lowest BCUT2D eigenvalue weighted by Gasteiger charge is -2.32. The summed E-state index contributed by atoms with van der Waals surface area (Å²) in [5, 5.41) is 0. The van der Waals surface area contributed by atoms with Crippen molar-refractivity contribution in [1.29, 1.82) is 0 Å². The average Bonchev–Trinajstić information content (AvgIpc) is 3.01. The van der Waals surface area contributed by atoms with Crippen molar-refractivity contribution in [1.82, 2.24) is 4.90 Å². The number of carbonyl (C=O) groups excluding carboxylic acids is 1. The van der Waals surface area contributed by atoms with E-state index >= 15 is 0 Å². The Kier molecular flexibility index (Phi) is 3.55. The standard InChI is InChI=1S/C19H26BNO4/c1-11-12(2)16-14(17(22)21-8-7-13(10-21)23-16)9-15(11)20-24-18(3,4)19(5,6)25-20/h9,13H,7-8,10H2,1-6H3. The van der Waals surface area contributed by atoms with Gasteiger partial charge in [-0.1, -0.05) is 0 Å². The van der Waals surface area contributed by atoms with Crippen molar-refractivity contribution in [3.63, 3.8) is 0 Å². The van der Waals surface area contributed by atoms with Crippen molar-refractivity contribution in [2.24, 2.45) is 0 Å². The minimum atomic E-state index is -0.475. The van der Waals surface area contributed by atoms with Gasteiger partial charge in [0.2, 0.25) is 0 Å². The molecule has 1 atom stereocenters. The lowest BCUT2D eigenvalue weighted by atomic mass is 9.74. The minimum absolute atomic E-state index is 0.0517. The predicted octanol–water partition coefficient (Wildman–Crippen LogP) is 2.21. The zero-order valence-electron chi connectivity index (χ0n) is 15.9. The van der Waals surface area contributed by atoms with Crippen molar-refractivity contribution in [3.8, 4) is 5.75 Å². The van der Waals surface area contributed by atoms with E-state index in [-0.39, 0.29) is 12.0 Å². The highest BCUT2D eigenvalue weighted by molar-refractivity contribution is 6.62. The Morgan fingerprint density at radius 1 is 1.12 bits per heavy atom. The molecule has 0 saturated carbocycles. The first-order chi connectivity index (χ1) is 11.6. The van der Waals surface area contributed by atoms with Crippen LogP contribution in [0.3, 0.4) is 0 Å². The molecule has 1 unspecified atom stereocenters. The highest BCUT2D eigenvalue weighted by atomic mass is 16.7. The van der Waals surface area contributed by atoms with Gasteiger partial charge in [-0.3, -0.25) is 4.79 Å². The second-order valence-corrected chi connectivity index (χ2v) is 8.46. The van der Waals surface area contributed by atoms with Gasteiger partial charge in [0.15, 0.2) is 0 Å². The second kappa shape index (κ2) is 5.24. The van der Waals surface area contributed by atoms with E-state index < -0.39 is 18.3 Å². The van der Waals surface area contributed by atoms with Crippen LogP contribution in [0.5, 0.6) is 5.75 Å². The number of benzene rings is 1. The molecule has 2 fully saturated rings. The Morgan fingerprint density at radius 2 is 1.76 bits per heavy atom. The highest BCUT2D eigenvalue weighted by Gasteiger charge is 2.52. The van der Waals surface area contributed by atoms with Gasteiger partial charge in [-0.2, -0.15) is 0 Å². The van der Waals surface area contributed by atoms with Crippen LogP contribution in [-0.2, 0) is 9.31 Å². The van der Waals surface area contributed by atoms with Crippen LogP contribution in [0, 0.1) is 13.8 Å². The number of carbonyl (C=O) groups is 1. The van der Waals surface area contributed by atoms with Crippen LogP contribution < -0.4 is 10.2 Å². The summed E-state index contributed by atoms with van der Waals surface area (Å²) in [7, 11) is -0.475. The Morgan fingerprint density at radius 3 is 2.40 bits per heavy atom. The molecule has 0 aromatic heterocycles. The van der Waals surface area contributed by atoms with Crippen molar-refractivity contribution < 1.29 is 18.8 Å². The molecule has 2 saturated heterocycles. The molecule has 6 heteroatoms. The lowest BCUT2D eigenvalue weighted by Crippen LogP contribution is -2.41. The fraction of sp³-hybridized carbons (Fsp3) is 0.632. The van der Waals surface area contributed by atoms with Crippen LogP contribution in [0.4, 0.5) is 0 Å². The molecule has 25 heavy (non-hydrogen) atoms. The van der Waals surface area contributed by atoms with Gasteiger partial charge in [0.1, 0.15) is 11.9 Å². The predicted molar refractivity (Wildman–Crippen MR) is 96.6 cm³/mol. The summed E-state index contributed by atoms with van der Waals surface area (Å²) in [6.45, 7) is 13.7. The van der Waals surface area contributed by atoms with Gasteiger partial charge < -0.3 is 18.9 Å². The molecule has 1 amide bonds. The van der Waals surface area contributed by atoms with Gasteiger partial charge in [0.05, 0.1) is 23.3 Å². The normalized spacial score (nSPS) is 26.5. The number of ether oxygens (including phenoxy) is 1. The second-order valence-electron chi connectivity index (χ2n) is 8.46. The molecular weight excluding hydrogens is 317 g/mol. The topological polar surface area (TPSA) is 48.0 Å². The van der Waals surface area contributed by atoms with E-state index in [0.29, 0.717) is 12.1 Å². The molecule has 3 aliphatic heterocycles. The van der Waals surface area contributed by atoms with E-state index in [1.807, 2.05) is 52.5 Å². The van der Waals surface area contributed by atoms with Crippen LogP contribution in [0.25, 0.3) is 0 Å². The number of amides is 1. The fourth-order valence-electron chi connectivity index (χ4n) is 3.79. The molecule has 0 spiro atoms. The zero-order valence-corrected chi connectivity index (χ0v) is 15.9. The summed E-state index contributed by atoms with van der Waals surface area (Å²) in [4.78, 5) is 14.8. The summed E-state index contributed by atoms with van der Waals surface area (Å²) in [5.74, 6) is 0.783. The summed E-state index contributed by atoms with van der Waals surface area (Å²) in [6.07, 6.45) is 1.01. The van der Waals surface area contributed by atoms with E-state index in [2.05, 4.69) is 0 Å². The molecule has 0 aliphatic carbocycles. The van der Waals surface area contributed by atoms with Crippen LogP contribution >= 0.6 is 0 Å². The average molecular weight is 343 g/mol. The zero-order chi connectivity index (χ0) is 18.1. The molecule has 134 valence electrons. The Bertz CT molecular complexity index is 742. The van der Waals surface area contributed by atoms with Crippen molar-refractivity contribution in [2.75, 3.05) is 13.1 Å². The van der Waals surface area contributed by atoms with E-state index in [1.165, 1.54) is 0 Å². The molecule has 1 aromatic rings. The third-order valence-corrected chi connectivity index (χ3v) is 6.33. The lowest BCUT2D eigenvalue weighted by molar-refractivity contribution is 0.00578. The first kappa shape index (κ1) is 16.9. The number of hydrogen-bond donors (Lipinski definition) is 0. The molecule has 3 heterocycles. The monoisotopic (exact) mass is 343 g/mol. The number of rotatable bonds is 1. The maximum absolute atomic E-state index is 12.9. The molecule has 2 bridgehead atoms. The Balaban J connectivity index is 1.80. The van der Waals surface area contributed by atoms with Gasteiger partial charge in [0.25, 0.3) is 5.91 Å². The summed E-state index contributed by atoms with van der Waals surface area (Å²) >= 11 is 0. The first-order valence-electron chi connectivity index (χ1n) is 9.06. The maximum Gasteiger partial charge on any atom is 0.495 e. The summed E-state index contributed by atoms with van der Waals surface area (Å²) < 4.78 is 18.6. The molecule has 3 aliphatic rings. The van der Waals surface area contributed by atoms with Gasteiger partial charge in [-0.05, 0) is 64.2 Å². The maximum atomic E-state index is 12.9. The van der Waals surface area contributed by atoms with Crippen molar-refractivity contribution >= 4 is 18.5 Å². The first-order valence-corrected chi connectivity index (χ1v) is 9.06. The van der Waals surface area contributed by atoms with Crippen LogP contribution in [-0.4, -0.2) is 48.3 Å². The molecule has 0 radical (unpaired) electrons. The molecule has 4 rings (SSSR count). The van der Waals surface area contributed by atoms with Gasteiger partial charge in [0, 0.05) is 13.0 Å². The molecule has 5 nitrogen and oxygen atoms in total. The smallest absolute Gasteiger partial charge is 0.487 e. The Hall–Kier alpha value is -1.53. The third-order valence-electron chi connectivity index (χ3n) is 6.33. The number of nitrogens with zero attached hydrogens (tertiary/aromatic N) is 1. The van der Waals surface area contributed by atoms with Gasteiger partial charge in [-0.15, -0.1) is 0 Å². The minimum Gasteiger partial charge on any atom is -0.487 e. The summed E-state index contributed by atoms with van der Waals surface area (Å²) in [5.41, 5.74) is 2.81. The quantitative estimate of drug-likeness (QED) is 0.734. The Labute approximate surface area is 149 Å². The van der Waals surface area contributed by atoms with E-state index in [4.69, 9.17) is 14.0 Å². The van der Waals surface area contributed by atoms with Crippen molar-refractivity contribution in [2.45, 2.75) is 65.3 Å². The highest BCUT2D eigenvalue weighted by Crippen LogP contribution is 2.38. The molecular formula is C19H26BNO4. The summed E-state index contributed by atoms with van der Waals surface area (Å²) in [6, 6.07) is 1.92. The van der Waals surface area contributed by atoms with E-state index in [1.54, 1.807) is 0 Å². The van der Waals surface area contributed by atoms with Crippen molar-refractivity contribution in [3.05, 3.63) is 22.8 Å². The largest absolute Gasteiger partial charge is 0.495 e. The molecule has 1 aromatic carbocycles. The van der Waals surface area contributed by atoms with E-state index in [0.717, 1.165) is 35.3 Å². The number of hydrogen-bond acceptors (Lipinski definition) is 4. The van der Waals surface area contributed by atoms with Crippen LogP contribution in [0.2, 0.25) is 0 Å². The SMILES string of the molecule is Cc1c(B2OC(C)(C)C(C)(C)O2)cc2c(c1C)OC1CCN(C1)C2=O. The van der Waals surface area contributed by atoms with Crippen LogP contribution in [0.1, 0.15) is 55.6 Å². The van der Waals surface area contributed by atoms with Crippen LogP contribution in [0.15, 0.2) is 6.07 Å². The molecule has 0 N–H and O–H groups in total. The third kappa shape index (κ3) is 2.41. The fourth-order valence-corrected chi connectivity index (χ4v) is 3.79.